The van der Waals surface area contributed by atoms with Gasteiger partial charge in [-0.1, -0.05) is 0 Å². The van der Waals surface area contributed by atoms with E-state index in [-0.39, 0.29) is 0 Å². The van der Waals surface area contributed by atoms with Crippen LogP contribution in [0, 0.1) is 0 Å². The molecule has 1 aromatic heterocycles. The zero-order valence-corrected chi connectivity index (χ0v) is 15.8. The van der Waals surface area contributed by atoms with Gasteiger partial charge in [0.15, 0.2) is 16.6 Å². The van der Waals surface area contributed by atoms with Gasteiger partial charge in [0.05, 0.1) is 25.5 Å². The van der Waals surface area contributed by atoms with Crippen LogP contribution in [0.15, 0.2) is 47.8 Å². The first kappa shape index (κ1) is 20.3. The molecule has 0 saturated heterocycles. The van der Waals surface area contributed by atoms with Crippen molar-refractivity contribution in [1.29, 1.82) is 0 Å². The zero-order chi connectivity index (χ0) is 19.5. The highest BCUT2D eigenvalue weighted by Crippen LogP contribution is 2.28. The number of nitrogens with zero attached hydrogens (tertiary/aromatic N) is 2. The third-order valence-corrected chi connectivity index (χ3v) is 3.49. The topological polar surface area (TPSA) is 94.1 Å². The number of hydrogen-bond donors (Lipinski definition) is 2. The van der Waals surface area contributed by atoms with Gasteiger partial charge in [0.1, 0.15) is 0 Å². The van der Waals surface area contributed by atoms with E-state index < -0.39 is 5.97 Å². The minimum absolute atomic E-state index is 0.299. The molecule has 9 heteroatoms. The fourth-order valence-corrected chi connectivity index (χ4v) is 2.12. The lowest BCUT2D eigenvalue weighted by atomic mass is 10.2. The van der Waals surface area contributed by atoms with Crippen LogP contribution in [0.4, 0.5) is 0 Å². The Balaban J connectivity index is 1.98. The number of carbonyl (C=O) groups excluding carboxylic acids is 1. The third kappa shape index (κ3) is 6.65. The summed E-state index contributed by atoms with van der Waals surface area (Å²) in [6.45, 7) is 1.13. The van der Waals surface area contributed by atoms with Gasteiger partial charge in [-0.25, -0.2) is 4.79 Å². The molecule has 0 amide bonds. The van der Waals surface area contributed by atoms with E-state index in [0.29, 0.717) is 35.3 Å². The number of hydrazone groups is 1. The van der Waals surface area contributed by atoms with E-state index in [1.54, 1.807) is 49.9 Å². The maximum Gasteiger partial charge on any atom is 0.345 e. The minimum Gasteiger partial charge on any atom is -0.493 e. The first-order valence-electron chi connectivity index (χ1n) is 8.00. The monoisotopic (exact) mass is 388 g/mol. The number of aromatic nitrogens is 1. The van der Waals surface area contributed by atoms with Crippen LogP contribution >= 0.6 is 12.2 Å². The van der Waals surface area contributed by atoms with Crippen molar-refractivity contribution in [1.82, 2.24) is 15.7 Å². The van der Waals surface area contributed by atoms with Gasteiger partial charge in [0.2, 0.25) is 0 Å². The Morgan fingerprint density at radius 3 is 2.85 bits per heavy atom. The number of esters is 1. The maximum absolute atomic E-state index is 12.1. The van der Waals surface area contributed by atoms with Crippen LogP contribution in [-0.2, 0) is 4.74 Å². The van der Waals surface area contributed by atoms with Crippen molar-refractivity contribution in [3.05, 3.63) is 53.9 Å². The Morgan fingerprint density at radius 1 is 1.30 bits per heavy atom. The molecule has 0 radical (unpaired) electrons. The molecule has 0 atom stereocenters. The van der Waals surface area contributed by atoms with Gasteiger partial charge >= 0.3 is 5.97 Å². The fraction of sp³-hybridized carbons (Fsp3) is 0.222. The van der Waals surface area contributed by atoms with Crippen LogP contribution in [0.5, 0.6) is 11.5 Å². The molecular formula is C18H20N4O4S. The SMILES string of the molecule is COCCNC(=S)NN=Cc1ccc(OC(=O)c2cccnc2)c(OC)c1. The third-order valence-electron chi connectivity index (χ3n) is 3.26. The molecule has 0 aliphatic rings. The molecule has 8 nitrogen and oxygen atoms in total. The number of methoxy groups -OCH3 is 2. The molecule has 2 N–H and O–H groups in total. The molecule has 142 valence electrons. The predicted octanol–water partition coefficient (Wildman–Crippen LogP) is 1.75. The summed E-state index contributed by atoms with van der Waals surface area (Å²) in [6.07, 6.45) is 4.59. The fourth-order valence-electron chi connectivity index (χ4n) is 1.96. The van der Waals surface area contributed by atoms with E-state index in [4.69, 9.17) is 26.4 Å². The number of pyridine rings is 1. The van der Waals surface area contributed by atoms with Crippen LogP contribution in [0.1, 0.15) is 15.9 Å². The first-order chi connectivity index (χ1) is 13.1. The first-order valence-corrected chi connectivity index (χ1v) is 8.41. The molecule has 0 aliphatic carbocycles. The van der Waals surface area contributed by atoms with Crippen LogP contribution in [-0.4, -0.2) is 49.7 Å². The second-order valence-corrected chi connectivity index (χ2v) is 5.57. The molecule has 0 unspecified atom stereocenters. The zero-order valence-electron chi connectivity index (χ0n) is 15.0. The number of benzene rings is 1. The van der Waals surface area contributed by atoms with Gasteiger partial charge in [0, 0.05) is 26.0 Å². The summed E-state index contributed by atoms with van der Waals surface area (Å²) in [6, 6.07) is 8.34. The van der Waals surface area contributed by atoms with Gasteiger partial charge in [-0.15, -0.1) is 0 Å². The Kier molecular flexibility index (Phi) is 8.14. The summed E-state index contributed by atoms with van der Waals surface area (Å²) in [5, 5.41) is 7.36. The average molecular weight is 388 g/mol. The van der Waals surface area contributed by atoms with Crippen LogP contribution in [0.2, 0.25) is 0 Å². The van der Waals surface area contributed by atoms with Gasteiger partial charge < -0.3 is 19.5 Å². The lowest BCUT2D eigenvalue weighted by molar-refractivity contribution is 0.0729. The normalized spacial score (nSPS) is 10.4. The summed E-state index contributed by atoms with van der Waals surface area (Å²) >= 11 is 5.07. The predicted molar refractivity (Wildman–Crippen MR) is 105 cm³/mol. The molecule has 0 aliphatic heterocycles. The van der Waals surface area contributed by atoms with Crippen molar-refractivity contribution in [2.45, 2.75) is 0 Å². The summed E-state index contributed by atoms with van der Waals surface area (Å²) in [4.78, 5) is 16.0. The largest absolute Gasteiger partial charge is 0.493 e. The van der Waals surface area contributed by atoms with Gasteiger partial charge in [0.25, 0.3) is 0 Å². The van der Waals surface area contributed by atoms with E-state index in [0.717, 1.165) is 5.56 Å². The number of rotatable bonds is 8. The Labute approximate surface area is 162 Å². The molecule has 27 heavy (non-hydrogen) atoms. The van der Waals surface area contributed by atoms with Crippen molar-refractivity contribution in [2.75, 3.05) is 27.4 Å². The Morgan fingerprint density at radius 2 is 2.15 bits per heavy atom. The van der Waals surface area contributed by atoms with Gasteiger partial charge in [-0.3, -0.25) is 10.4 Å². The summed E-state index contributed by atoms with van der Waals surface area (Å²) in [5.74, 6) is 0.183. The highest BCUT2D eigenvalue weighted by molar-refractivity contribution is 7.80. The number of hydrogen-bond acceptors (Lipinski definition) is 7. The molecule has 2 aromatic rings. The van der Waals surface area contributed by atoms with Crippen molar-refractivity contribution in [3.63, 3.8) is 0 Å². The van der Waals surface area contributed by atoms with E-state index in [2.05, 4.69) is 20.8 Å². The smallest absolute Gasteiger partial charge is 0.345 e. The molecule has 0 bridgehead atoms. The number of nitrogens with one attached hydrogen (secondary N) is 2. The maximum atomic E-state index is 12.1. The van der Waals surface area contributed by atoms with E-state index in [1.165, 1.54) is 13.3 Å². The van der Waals surface area contributed by atoms with Crippen molar-refractivity contribution in [2.24, 2.45) is 5.10 Å². The standard InChI is InChI=1S/C18H20N4O4S/c1-24-9-8-20-18(27)22-21-11-13-5-6-15(16(10-13)25-2)26-17(23)14-4-3-7-19-12-14/h3-7,10-12H,8-9H2,1-2H3,(H2,20,22,27). The molecule has 0 fully saturated rings. The van der Waals surface area contributed by atoms with E-state index in [9.17, 15) is 4.79 Å². The summed E-state index contributed by atoms with van der Waals surface area (Å²) < 4.78 is 15.6. The van der Waals surface area contributed by atoms with Crippen LogP contribution < -0.4 is 20.2 Å². The quantitative estimate of drug-likeness (QED) is 0.176. The summed E-state index contributed by atoms with van der Waals surface area (Å²) in [5.41, 5.74) is 3.78. The summed E-state index contributed by atoms with van der Waals surface area (Å²) in [7, 11) is 3.10. The second-order valence-electron chi connectivity index (χ2n) is 5.16. The minimum atomic E-state index is -0.517. The number of ether oxygens (including phenoxy) is 3. The van der Waals surface area contributed by atoms with Gasteiger partial charge in [-0.05, 0) is 48.1 Å². The van der Waals surface area contributed by atoms with E-state index >= 15 is 0 Å². The van der Waals surface area contributed by atoms with Crippen molar-refractivity contribution in [3.8, 4) is 11.5 Å². The molecule has 1 aromatic carbocycles. The van der Waals surface area contributed by atoms with Gasteiger partial charge in [-0.2, -0.15) is 5.10 Å². The lowest BCUT2D eigenvalue weighted by Crippen LogP contribution is -2.34. The van der Waals surface area contributed by atoms with Crippen LogP contribution in [0.3, 0.4) is 0 Å². The number of thiocarbonyl (C=S) groups is 1. The van der Waals surface area contributed by atoms with Crippen molar-refractivity contribution < 1.29 is 19.0 Å². The number of carbonyl (C=O) groups is 1. The second kappa shape index (κ2) is 10.8. The molecule has 0 saturated carbocycles. The highest BCUT2D eigenvalue weighted by atomic mass is 32.1. The van der Waals surface area contributed by atoms with E-state index in [1.807, 2.05) is 0 Å². The van der Waals surface area contributed by atoms with Crippen molar-refractivity contribution >= 4 is 29.5 Å². The Bertz CT molecular complexity index is 799. The average Bonchev–Trinajstić information content (AvgIpc) is 2.69. The molecule has 0 spiro atoms. The van der Waals surface area contributed by atoms with Crippen LogP contribution in [0.25, 0.3) is 0 Å². The molecule has 1 heterocycles. The molecular weight excluding hydrogens is 368 g/mol. The Hall–Kier alpha value is -3.04. The lowest BCUT2D eigenvalue weighted by Gasteiger charge is -2.10. The molecule has 2 rings (SSSR count). The highest BCUT2D eigenvalue weighted by Gasteiger charge is 2.12.